The third-order valence-electron chi connectivity index (χ3n) is 5.42. The van der Waals surface area contributed by atoms with Gasteiger partial charge in [0, 0.05) is 0 Å². The van der Waals surface area contributed by atoms with Crippen molar-refractivity contribution >= 4 is 56.6 Å². The zero-order chi connectivity index (χ0) is 19.7. The fraction of sp³-hybridized carbons (Fsp3) is 0.0714. The van der Waals surface area contributed by atoms with E-state index in [0.717, 1.165) is 0 Å². The van der Waals surface area contributed by atoms with E-state index >= 15 is 0 Å². The van der Waals surface area contributed by atoms with Crippen molar-refractivity contribution in [3.8, 4) is 0 Å². The van der Waals surface area contributed by atoms with Gasteiger partial charge in [0.05, 0.1) is 0 Å². The van der Waals surface area contributed by atoms with Gasteiger partial charge in [0.15, 0.2) is 0 Å². The van der Waals surface area contributed by atoms with Gasteiger partial charge in [-0.05, 0) is 68.4 Å². The third-order valence-corrected chi connectivity index (χ3v) is 5.42. The minimum Gasteiger partial charge on any atom is -0.0984 e. The molecule has 0 saturated heterocycles. The van der Waals surface area contributed by atoms with Crippen LogP contribution in [0.25, 0.3) is 56.6 Å². The summed E-state index contributed by atoms with van der Waals surface area (Å²) in [6, 6.07) is 17.3. The van der Waals surface area contributed by atoms with E-state index in [9.17, 15) is 0 Å². The molecule has 4 aromatic carbocycles. The van der Waals surface area contributed by atoms with E-state index in [2.05, 4.69) is 99.8 Å². The van der Waals surface area contributed by atoms with Crippen molar-refractivity contribution < 1.29 is 0 Å². The molecule has 0 N–H and O–H groups in total. The standard InChI is InChI=1S/C28H24/c1-5-13-21-20(8-4)27-25-17-11-9-15-22(25)19(7-3)24(14-6-2)28(27)26-18-12-10-16-23(21)26/h5-18H,3-4H2,1-2H3/b13-5-,14-6-. The highest BCUT2D eigenvalue weighted by Gasteiger charge is 2.18. The van der Waals surface area contributed by atoms with Gasteiger partial charge >= 0.3 is 0 Å². The van der Waals surface area contributed by atoms with Crippen LogP contribution >= 0.6 is 0 Å². The second-order valence-electron chi connectivity index (χ2n) is 6.90. The van der Waals surface area contributed by atoms with Gasteiger partial charge in [-0.1, -0.05) is 98.1 Å². The summed E-state index contributed by atoms with van der Waals surface area (Å²) >= 11 is 0. The molecule has 0 atom stereocenters. The van der Waals surface area contributed by atoms with Crippen LogP contribution < -0.4 is 0 Å². The molecule has 28 heavy (non-hydrogen) atoms. The van der Waals surface area contributed by atoms with E-state index in [4.69, 9.17) is 0 Å². The Balaban J connectivity index is 2.50. The molecule has 0 aromatic heterocycles. The summed E-state index contributed by atoms with van der Waals surface area (Å²) in [5.41, 5.74) is 4.81. The maximum absolute atomic E-state index is 4.18. The predicted molar refractivity (Wildman–Crippen MR) is 129 cm³/mol. The fourth-order valence-electron chi connectivity index (χ4n) is 4.38. The Morgan fingerprint density at radius 1 is 0.536 bits per heavy atom. The number of hydrogen-bond acceptors (Lipinski definition) is 0. The van der Waals surface area contributed by atoms with Crippen LogP contribution in [0.15, 0.2) is 73.8 Å². The first kappa shape index (κ1) is 18.0. The maximum atomic E-state index is 4.18. The van der Waals surface area contributed by atoms with Gasteiger partial charge in [-0.25, -0.2) is 0 Å². The van der Waals surface area contributed by atoms with Crippen molar-refractivity contribution in [1.82, 2.24) is 0 Å². The van der Waals surface area contributed by atoms with Crippen LogP contribution in [0, 0.1) is 0 Å². The van der Waals surface area contributed by atoms with Crippen molar-refractivity contribution in [2.24, 2.45) is 0 Å². The quantitative estimate of drug-likeness (QED) is 0.320. The smallest absolute Gasteiger partial charge is 0.00140 e. The van der Waals surface area contributed by atoms with Crippen molar-refractivity contribution in [2.75, 3.05) is 0 Å². The normalized spacial score (nSPS) is 11.9. The van der Waals surface area contributed by atoms with Crippen LogP contribution in [0.3, 0.4) is 0 Å². The first-order valence-corrected chi connectivity index (χ1v) is 9.70. The molecule has 136 valence electrons. The van der Waals surface area contributed by atoms with E-state index in [1.165, 1.54) is 54.6 Å². The van der Waals surface area contributed by atoms with Gasteiger partial charge in [0.2, 0.25) is 0 Å². The lowest BCUT2D eigenvalue weighted by atomic mass is 9.83. The van der Waals surface area contributed by atoms with E-state index in [1.54, 1.807) is 0 Å². The second kappa shape index (κ2) is 7.32. The molecule has 0 unspecified atom stereocenters. The zero-order valence-corrected chi connectivity index (χ0v) is 16.5. The summed E-state index contributed by atoms with van der Waals surface area (Å²) in [6.07, 6.45) is 12.6. The van der Waals surface area contributed by atoms with Gasteiger partial charge in [-0.2, -0.15) is 0 Å². The molecule has 4 rings (SSSR count). The summed E-state index contributed by atoms with van der Waals surface area (Å²) < 4.78 is 0. The summed E-state index contributed by atoms with van der Waals surface area (Å²) in [5, 5.41) is 7.51. The number of hydrogen-bond donors (Lipinski definition) is 0. The summed E-state index contributed by atoms with van der Waals surface area (Å²) in [6.45, 7) is 12.5. The molecule has 0 nitrogen and oxygen atoms in total. The highest BCUT2D eigenvalue weighted by molar-refractivity contribution is 6.26. The molecular formula is C28H24. The Morgan fingerprint density at radius 2 is 0.964 bits per heavy atom. The van der Waals surface area contributed by atoms with Crippen LogP contribution in [0.5, 0.6) is 0 Å². The van der Waals surface area contributed by atoms with E-state index in [0.29, 0.717) is 0 Å². The van der Waals surface area contributed by atoms with Crippen molar-refractivity contribution in [2.45, 2.75) is 13.8 Å². The number of fused-ring (bicyclic) bond motifs is 5. The topological polar surface area (TPSA) is 0 Å². The minimum atomic E-state index is 1.18. The largest absolute Gasteiger partial charge is 0.0984 e. The first-order valence-electron chi connectivity index (χ1n) is 9.70. The molecule has 0 heterocycles. The lowest BCUT2D eigenvalue weighted by molar-refractivity contribution is 1.67. The molecule has 0 heteroatoms. The Kier molecular flexibility index (Phi) is 4.71. The Labute approximate surface area is 166 Å². The molecule has 0 aliphatic carbocycles. The van der Waals surface area contributed by atoms with Crippen molar-refractivity contribution in [3.05, 3.63) is 96.1 Å². The lowest BCUT2D eigenvalue weighted by Crippen LogP contribution is -1.95. The SMILES string of the molecule is C=Cc1c(/C=C\C)c2c3ccccc3c(/C=C\C)c(C=C)c2c2ccccc12. The average Bonchev–Trinajstić information content (AvgIpc) is 2.74. The van der Waals surface area contributed by atoms with E-state index in [-0.39, 0.29) is 0 Å². The van der Waals surface area contributed by atoms with E-state index < -0.39 is 0 Å². The highest BCUT2D eigenvalue weighted by atomic mass is 14.2. The van der Waals surface area contributed by atoms with Gasteiger partial charge in [0.1, 0.15) is 0 Å². The molecule has 0 bridgehead atoms. The van der Waals surface area contributed by atoms with Crippen molar-refractivity contribution in [3.63, 3.8) is 0 Å². The molecule has 0 fully saturated rings. The Hall–Kier alpha value is -3.38. The van der Waals surface area contributed by atoms with Crippen LogP contribution in [0.2, 0.25) is 0 Å². The van der Waals surface area contributed by atoms with Crippen LogP contribution in [0.1, 0.15) is 36.1 Å². The van der Waals surface area contributed by atoms with Crippen molar-refractivity contribution in [1.29, 1.82) is 0 Å². The average molecular weight is 361 g/mol. The summed E-state index contributed by atoms with van der Waals surface area (Å²) in [7, 11) is 0. The van der Waals surface area contributed by atoms with Crippen LogP contribution in [0.4, 0.5) is 0 Å². The second-order valence-corrected chi connectivity index (χ2v) is 6.90. The monoisotopic (exact) mass is 360 g/mol. The molecule has 0 aliphatic heterocycles. The molecule has 0 aliphatic rings. The minimum absolute atomic E-state index is 1.18. The number of benzene rings is 4. The fourth-order valence-corrected chi connectivity index (χ4v) is 4.38. The van der Waals surface area contributed by atoms with Gasteiger partial charge in [-0.3, -0.25) is 0 Å². The number of rotatable bonds is 4. The Bertz CT molecular complexity index is 1300. The number of allylic oxidation sites excluding steroid dienone is 2. The molecule has 4 aromatic rings. The van der Waals surface area contributed by atoms with Gasteiger partial charge in [-0.15, -0.1) is 0 Å². The summed E-state index contributed by atoms with van der Waals surface area (Å²) in [5.74, 6) is 0. The molecular weight excluding hydrogens is 336 g/mol. The lowest BCUT2D eigenvalue weighted by Gasteiger charge is -2.19. The predicted octanol–water partition coefficient (Wildman–Crippen LogP) is 8.50. The Morgan fingerprint density at radius 3 is 1.46 bits per heavy atom. The van der Waals surface area contributed by atoms with Crippen LogP contribution in [-0.4, -0.2) is 0 Å². The maximum Gasteiger partial charge on any atom is -0.00140 e. The highest BCUT2D eigenvalue weighted by Crippen LogP contribution is 2.43. The molecule has 0 spiro atoms. The van der Waals surface area contributed by atoms with Gasteiger partial charge in [0.25, 0.3) is 0 Å². The summed E-state index contributed by atoms with van der Waals surface area (Å²) in [4.78, 5) is 0. The van der Waals surface area contributed by atoms with Crippen LogP contribution in [-0.2, 0) is 0 Å². The zero-order valence-electron chi connectivity index (χ0n) is 16.5. The molecule has 0 radical (unpaired) electrons. The third kappa shape index (κ3) is 2.53. The van der Waals surface area contributed by atoms with Gasteiger partial charge < -0.3 is 0 Å². The molecule has 0 saturated carbocycles. The molecule has 0 amide bonds. The van der Waals surface area contributed by atoms with E-state index in [1.807, 2.05) is 12.2 Å². The first-order chi connectivity index (χ1) is 13.8.